The Kier molecular flexibility index (Phi) is 8.74. The third-order valence-corrected chi connectivity index (χ3v) is 5.04. The van der Waals surface area contributed by atoms with Crippen LogP contribution in [0.25, 0.3) is 0 Å². The molecule has 0 unspecified atom stereocenters. The van der Waals surface area contributed by atoms with E-state index in [1.165, 1.54) is 11.3 Å². The van der Waals surface area contributed by atoms with E-state index in [-0.39, 0.29) is 29.5 Å². The van der Waals surface area contributed by atoms with Gasteiger partial charge in [-0.3, -0.25) is 4.99 Å². The first-order valence-corrected chi connectivity index (χ1v) is 8.63. The van der Waals surface area contributed by atoms with E-state index >= 15 is 0 Å². The molecule has 1 aromatic heterocycles. The summed E-state index contributed by atoms with van der Waals surface area (Å²) < 4.78 is 26.6. The minimum atomic E-state index is -3.39. The van der Waals surface area contributed by atoms with Gasteiger partial charge in [-0.25, -0.2) is 13.1 Å². The first kappa shape index (κ1) is 20.6. The molecular formula is C12H23IN4O2S2. The molecule has 1 aromatic rings. The van der Waals surface area contributed by atoms with Crippen molar-refractivity contribution < 1.29 is 8.42 Å². The second-order valence-corrected chi connectivity index (χ2v) is 8.15. The summed E-state index contributed by atoms with van der Waals surface area (Å²) in [5, 5.41) is 7.99. The average molecular weight is 446 g/mol. The van der Waals surface area contributed by atoms with Gasteiger partial charge in [-0.05, 0) is 32.2 Å². The molecule has 0 aliphatic rings. The summed E-state index contributed by atoms with van der Waals surface area (Å²) in [4.78, 5) is 4.08. The molecule has 122 valence electrons. The molecule has 6 nitrogen and oxygen atoms in total. The zero-order chi connectivity index (χ0) is 15.2. The van der Waals surface area contributed by atoms with E-state index in [1.54, 1.807) is 24.6 Å². The van der Waals surface area contributed by atoms with Crippen molar-refractivity contribution in [1.82, 2.24) is 15.4 Å². The lowest BCUT2D eigenvalue weighted by atomic mass is 10.1. The van der Waals surface area contributed by atoms with E-state index < -0.39 is 10.0 Å². The molecule has 9 heteroatoms. The van der Waals surface area contributed by atoms with Crippen LogP contribution in [0.2, 0.25) is 0 Å². The average Bonchev–Trinajstić information content (AvgIpc) is 2.86. The van der Waals surface area contributed by atoms with Crippen molar-refractivity contribution in [2.24, 2.45) is 4.99 Å². The van der Waals surface area contributed by atoms with Crippen molar-refractivity contribution in [2.75, 3.05) is 20.1 Å². The van der Waals surface area contributed by atoms with Crippen LogP contribution >= 0.6 is 35.3 Å². The van der Waals surface area contributed by atoms with Gasteiger partial charge in [0.25, 0.3) is 0 Å². The Hall–Kier alpha value is -0.390. The molecule has 0 aliphatic carbocycles. The summed E-state index contributed by atoms with van der Waals surface area (Å²) in [6.07, 6.45) is 0. The topological polar surface area (TPSA) is 82.6 Å². The van der Waals surface area contributed by atoms with Gasteiger partial charge in [0.2, 0.25) is 10.0 Å². The second kappa shape index (κ2) is 8.91. The van der Waals surface area contributed by atoms with E-state index in [0.29, 0.717) is 23.3 Å². The predicted molar refractivity (Wildman–Crippen MR) is 99.2 cm³/mol. The fraction of sp³-hybridized carbons (Fsp3) is 0.583. The number of hydrogen-bond acceptors (Lipinski definition) is 4. The van der Waals surface area contributed by atoms with Crippen molar-refractivity contribution in [3.8, 4) is 0 Å². The zero-order valence-corrected chi connectivity index (χ0v) is 16.6. The van der Waals surface area contributed by atoms with Gasteiger partial charge in [-0.2, -0.15) is 0 Å². The van der Waals surface area contributed by atoms with Gasteiger partial charge in [0, 0.05) is 25.7 Å². The van der Waals surface area contributed by atoms with E-state index in [4.69, 9.17) is 0 Å². The van der Waals surface area contributed by atoms with Crippen molar-refractivity contribution in [2.45, 2.75) is 30.5 Å². The van der Waals surface area contributed by atoms with Crippen molar-refractivity contribution in [3.05, 3.63) is 17.5 Å². The Bertz CT molecular complexity index is 536. The number of thiophene rings is 1. The SMILES string of the molecule is CN=C(NCCNS(=O)(=O)c1cccs1)NC(C)(C)C.I. The monoisotopic (exact) mass is 446 g/mol. The Morgan fingerprint density at radius 3 is 2.48 bits per heavy atom. The molecule has 0 saturated carbocycles. The molecule has 1 heterocycles. The highest BCUT2D eigenvalue weighted by Gasteiger charge is 2.14. The number of sulfonamides is 1. The molecule has 0 bridgehead atoms. The molecule has 0 aromatic carbocycles. The van der Waals surface area contributed by atoms with Crippen LogP contribution in [0.15, 0.2) is 26.7 Å². The summed E-state index contributed by atoms with van der Waals surface area (Å²) in [5.41, 5.74) is -0.0989. The van der Waals surface area contributed by atoms with Crippen LogP contribution in [-0.2, 0) is 10.0 Å². The summed E-state index contributed by atoms with van der Waals surface area (Å²) in [5.74, 6) is 0.646. The van der Waals surface area contributed by atoms with Gasteiger partial charge >= 0.3 is 0 Å². The Balaban J connectivity index is 0.00000400. The number of nitrogens with zero attached hydrogens (tertiary/aromatic N) is 1. The van der Waals surface area contributed by atoms with E-state index in [2.05, 4.69) is 20.3 Å². The molecule has 0 spiro atoms. The number of aliphatic imine (C=N–C) groups is 1. The standard InChI is InChI=1S/C12H22N4O2S2.HI/c1-12(2,3)16-11(13-4)14-7-8-15-20(17,18)10-6-5-9-19-10;/h5-6,9,15H,7-8H2,1-4H3,(H2,13,14,16);1H. The van der Waals surface area contributed by atoms with Crippen molar-refractivity contribution >= 4 is 51.3 Å². The largest absolute Gasteiger partial charge is 0.355 e. The highest BCUT2D eigenvalue weighted by Crippen LogP contribution is 2.14. The first-order chi connectivity index (χ1) is 9.24. The maximum atomic E-state index is 11.9. The quantitative estimate of drug-likeness (QED) is 0.278. The number of guanidine groups is 1. The van der Waals surface area contributed by atoms with Gasteiger partial charge in [0.15, 0.2) is 5.96 Å². The van der Waals surface area contributed by atoms with Crippen LogP contribution in [0.3, 0.4) is 0 Å². The first-order valence-electron chi connectivity index (χ1n) is 6.26. The smallest absolute Gasteiger partial charge is 0.250 e. The third kappa shape index (κ3) is 7.98. The molecule has 0 fully saturated rings. The van der Waals surface area contributed by atoms with Crippen LogP contribution < -0.4 is 15.4 Å². The molecule has 0 aliphatic heterocycles. The van der Waals surface area contributed by atoms with Crippen LogP contribution in [0.5, 0.6) is 0 Å². The zero-order valence-electron chi connectivity index (χ0n) is 12.6. The van der Waals surface area contributed by atoms with Crippen molar-refractivity contribution in [3.63, 3.8) is 0 Å². The van der Waals surface area contributed by atoms with Gasteiger partial charge < -0.3 is 10.6 Å². The van der Waals surface area contributed by atoms with Crippen LogP contribution in [0.1, 0.15) is 20.8 Å². The molecule has 0 atom stereocenters. The molecule has 21 heavy (non-hydrogen) atoms. The Labute approximate surface area is 147 Å². The van der Waals surface area contributed by atoms with Crippen LogP contribution in [-0.4, -0.2) is 40.1 Å². The highest BCUT2D eigenvalue weighted by atomic mass is 127. The van der Waals surface area contributed by atoms with Gasteiger partial charge in [0.1, 0.15) is 4.21 Å². The fourth-order valence-electron chi connectivity index (χ4n) is 1.39. The summed E-state index contributed by atoms with van der Waals surface area (Å²) in [6, 6.07) is 3.30. The summed E-state index contributed by atoms with van der Waals surface area (Å²) >= 11 is 1.20. The second-order valence-electron chi connectivity index (χ2n) is 5.20. The number of nitrogens with one attached hydrogen (secondary N) is 3. The lowest BCUT2D eigenvalue weighted by Gasteiger charge is -2.23. The van der Waals surface area contributed by atoms with Crippen LogP contribution in [0, 0.1) is 0 Å². The maximum absolute atomic E-state index is 11.9. The highest BCUT2D eigenvalue weighted by molar-refractivity contribution is 14.0. The lowest BCUT2D eigenvalue weighted by Crippen LogP contribution is -2.49. The Morgan fingerprint density at radius 2 is 2.00 bits per heavy atom. The minimum Gasteiger partial charge on any atom is -0.355 e. The number of rotatable bonds is 5. The molecule has 0 radical (unpaired) electrons. The van der Waals surface area contributed by atoms with E-state index in [9.17, 15) is 8.42 Å². The number of hydrogen-bond donors (Lipinski definition) is 3. The molecule has 0 saturated heterocycles. The van der Waals surface area contributed by atoms with Gasteiger partial charge in [-0.15, -0.1) is 35.3 Å². The third-order valence-electron chi connectivity index (χ3n) is 2.19. The minimum absolute atomic E-state index is 0. The van der Waals surface area contributed by atoms with E-state index in [1.807, 2.05) is 20.8 Å². The normalized spacial score (nSPS) is 12.7. The fourth-order valence-corrected chi connectivity index (χ4v) is 3.46. The van der Waals surface area contributed by atoms with Crippen LogP contribution in [0.4, 0.5) is 0 Å². The van der Waals surface area contributed by atoms with E-state index in [0.717, 1.165) is 0 Å². The molecular weight excluding hydrogens is 423 g/mol. The van der Waals surface area contributed by atoms with Gasteiger partial charge in [-0.1, -0.05) is 6.07 Å². The van der Waals surface area contributed by atoms with Crippen molar-refractivity contribution in [1.29, 1.82) is 0 Å². The predicted octanol–water partition coefficient (Wildman–Crippen LogP) is 1.61. The summed E-state index contributed by atoms with van der Waals surface area (Å²) in [6.45, 7) is 6.84. The molecule has 1 rings (SSSR count). The Morgan fingerprint density at radius 1 is 1.33 bits per heavy atom. The number of halogens is 1. The summed E-state index contributed by atoms with van der Waals surface area (Å²) in [7, 11) is -1.71. The molecule has 0 amide bonds. The lowest BCUT2D eigenvalue weighted by molar-refractivity contribution is 0.501. The molecule has 3 N–H and O–H groups in total. The van der Waals surface area contributed by atoms with Gasteiger partial charge in [0.05, 0.1) is 0 Å². The maximum Gasteiger partial charge on any atom is 0.250 e.